The third-order valence-electron chi connectivity index (χ3n) is 3.65. The SMILES string of the molecule is C[C@@H](OCCCNC(=S)Nc1cc([N+](=O)[O-])ccc1Cl)c1ccccc1. The average molecular weight is 394 g/mol. The van der Waals surface area contributed by atoms with Crippen molar-refractivity contribution in [2.24, 2.45) is 0 Å². The van der Waals surface area contributed by atoms with E-state index in [1.54, 1.807) is 0 Å². The fraction of sp³-hybridized carbons (Fsp3) is 0.278. The highest BCUT2D eigenvalue weighted by atomic mass is 35.5. The van der Waals surface area contributed by atoms with Gasteiger partial charge in [0, 0.05) is 25.3 Å². The summed E-state index contributed by atoms with van der Waals surface area (Å²) in [5, 5.41) is 17.4. The molecule has 8 heteroatoms. The van der Waals surface area contributed by atoms with Gasteiger partial charge in [-0.05, 0) is 37.2 Å². The first-order chi connectivity index (χ1) is 12.5. The van der Waals surface area contributed by atoms with Crippen molar-refractivity contribution in [3.63, 3.8) is 0 Å². The molecule has 2 N–H and O–H groups in total. The highest BCUT2D eigenvalue weighted by molar-refractivity contribution is 7.80. The van der Waals surface area contributed by atoms with Crippen LogP contribution in [0.3, 0.4) is 0 Å². The first-order valence-electron chi connectivity index (χ1n) is 8.12. The van der Waals surface area contributed by atoms with Gasteiger partial charge in [-0.1, -0.05) is 41.9 Å². The van der Waals surface area contributed by atoms with Crippen LogP contribution in [0.5, 0.6) is 0 Å². The lowest BCUT2D eigenvalue weighted by atomic mass is 10.1. The summed E-state index contributed by atoms with van der Waals surface area (Å²) in [6.45, 7) is 3.21. The second kappa shape index (κ2) is 10.1. The summed E-state index contributed by atoms with van der Waals surface area (Å²) < 4.78 is 5.79. The number of nitro benzene ring substituents is 1. The number of hydrogen-bond donors (Lipinski definition) is 2. The van der Waals surface area contributed by atoms with Gasteiger partial charge in [-0.25, -0.2) is 0 Å². The molecule has 0 fully saturated rings. The van der Waals surface area contributed by atoms with Crippen LogP contribution in [0.2, 0.25) is 5.02 Å². The molecule has 2 aromatic carbocycles. The number of anilines is 1. The van der Waals surface area contributed by atoms with Gasteiger partial charge in [-0.15, -0.1) is 0 Å². The van der Waals surface area contributed by atoms with Crippen molar-refractivity contribution in [3.05, 3.63) is 69.2 Å². The summed E-state index contributed by atoms with van der Waals surface area (Å²) in [6, 6.07) is 14.2. The van der Waals surface area contributed by atoms with Crippen molar-refractivity contribution in [2.45, 2.75) is 19.4 Å². The van der Waals surface area contributed by atoms with E-state index in [9.17, 15) is 10.1 Å². The molecule has 0 aliphatic carbocycles. The Morgan fingerprint density at radius 1 is 1.31 bits per heavy atom. The van der Waals surface area contributed by atoms with Crippen molar-refractivity contribution in [3.8, 4) is 0 Å². The van der Waals surface area contributed by atoms with Crippen LogP contribution in [0, 0.1) is 10.1 Å². The van der Waals surface area contributed by atoms with Gasteiger partial charge in [-0.2, -0.15) is 0 Å². The molecule has 138 valence electrons. The molecule has 0 aliphatic heterocycles. The number of rotatable bonds is 8. The Balaban J connectivity index is 1.71. The average Bonchev–Trinajstić information content (AvgIpc) is 2.63. The molecule has 0 radical (unpaired) electrons. The molecule has 0 amide bonds. The predicted molar refractivity (Wildman–Crippen MR) is 108 cm³/mol. The van der Waals surface area contributed by atoms with E-state index >= 15 is 0 Å². The van der Waals surface area contributed by atoms with Gasteiger partial charge in [-0.3, -0.25) is 10.1 Å². The van der Waals surface area contributed by atoms with E-state index in [2.05, 4.69) is 10.6 Å². The zero-order valence-corrected chi connectivity index (χ0v) is 15.8. The molecule has 6 nitrogen and oxygen atoms in total. The molecular formula is C18H20ClN3O3S. The second-order valence-electron chi connectivity index (χ2n) is 5.58. The summed E-state index contributed by atoms with van der Waals surface area (Å²) in [7, 11) is 0. The van der Waals surface area contributed by atoms with E-state index < -0.39 is 4.92 Å². The highest BCUT2D eigenvalue weighted by Crippen LogP contribution is 2.26. The maximum Gasteiger partial charge on any atom is 0.271 e. The maximum atomic E-state index is 10.8. The van der Waals surface area contributed by atoms with E-state index in [1.165, 1.54) is 18.2 Å². The first kappa shape index (κ1) is 20.1. The van der Waals surface area contributed by atoms with Crippen molar-refractivity contribution in [1.29, 1.82) is 0 Å². The molecule has 0 heterocycles. The van der Waals surface area contributed by atoms with Crippen molar-refractivity contribution < 1.29 is 9.66 Å². The number of hydrogen-bond acceptors (Lipinski definition) is 4. The van der Waals surface area contributed by atoms with Gasteiger partial charge in [0.05, 0.1) is 21.7 Å². The van der Waals surface area contributed by atoms with Crippen LogP contribution >= 0.6 is 23.8 Å². The monoisotopic (exact) mass is 393 g/mol. The van der Waals surface area contributed by atoms with E-state index in [4.69, 9.17) is 28.6 Å². The standard InChI is InChI=1S/C18H20ClN3O3S/c1-13(14-6-3-2-4-7-14)25-11-5-10-20-18(26)21-17-12-15(22(23)24)8-9-16(17)19/h2-4,6-9,12-13H,5,10-11H2,1H3,(H2,20,21,26)/t13-/m1/s1. The Bertz CT molecular complexity index is 759. The minimum absolute atomic E-state index is 0.0324. The van der Waals surface area contributed by atoms with Gasteiger partial charge >= 0.3 is 0 Å². The van der Waals surface area contributed by atoms with Gasteiger partial charge in [0.25, 0.3) is 5.69 Å². The molecule has 26 heavy (non-hydrogen) atoms. The number of halogens is 1. The summed E-state index contributed by atoms with van der Waals surface area (Å²) in [5.41, 5.74) is 1.48. The van der Waals surface area contributed by atoms with Crippen LogP contribution < -0.4 is 10.6 Å². The molecule has 0 aliphatic rings. The first-order valence-corrected chi connectivity index (χ1v) is 8.91. The van der Waals surface area contributed by atoms with Crippen molar-refractivity contribution in [2.75, 3.05) is 18.5 Å². The van der Waals surface area contributed by atoms with Crippen LogP contribution in [0.1, 0.15) is 25.0 Å². The fourth-order valence-electron chi connectivity index (χ4n) is 2.24. The van der Waals surface area contributed by atoms with Crippen LogP contribution in [-0.4, -0.2) is 23.2 Å². The minimum Gasteiger partial charge on any atom is -0.374 e. The Labute approximate surface area is 162 Å². The molecular weight excluding hydrogens is 374 g/mol. The molecule has 2 rings (SSSR count). The van der Waals surface area contributed by atoms with E-state index in [0.717, 1.165) is 12.0 Å². The van der Waals surface area contributed by atoms with E-state index in [1.807, 2.05) is 37.3 Å². The van der Waals surface area contributed by atoms with Crippen molar-refractivity contribution >= 4 is 40.3 Å². The lowest BCUT2D eigenvalue weighted by molar-refractivity contribution is -0.384. The molecule has 2 aromatic rings. The molecule has 0 spiro atoms. The highest BCUT2D eigenvalue weighted by Gasteiger charge is 2.10. The lowest BCUT2D eigenvalue weighted by Crippen LogP contribution is -2.30. The van der Waals surface area contributed by atoms with Crippen LogP contribution in [0.25, 0.3) is 0 Å². The van der Waals surface area contributed by atoms with Crippen LogP contribution in [-0.2, 0) is 4.74 Å². The van der Waals surface area contributed by atoms with Crippen molar-refractivity contribution in [1.82, 2.24) is 5.32 Å². The molecule has 0 saturated carbocycles. The van der Waals surface area contributed by atoms with Crippen LogP contribution in [0.15, 0.2) is 48.5 Å². The number of non-ortho nitro benzene ring substituents is 1. The number of nitrogens with zero attached hydrogens (tertiary/aromatic N) is 1. The Morgan fingerprint density at radius 2 is 2.04 bits per heavy atom. The molecule has 0 bridgehead atoms. The lowest BCUT2D eigenvalue weighted by Gasteiger charge is -2.14. The summed E-state index contributed by atoms with van der Waals surface area (Å²) in [4.78, 5) is 10.3. The summed E-state index contributed by atoms with van der Waals surface area (Å²) >= 11 is 11.2. The van der Waals surface area contributed by atoms with Gasteiger partial charge < -0.3 is 15.4 Å². The third-order valence-corrected chi connectivity index (χ3v) is 4.23. The van der Waals surface area contributed by atoms with Gasteiger partial charge in [0.15, 0.2) is 5.11 Å². The fourth-order valence-corrected chi connectivity index (χ4v) is 2.62. The third kappa shape index (κ3) is 6.25. The summed E-state index contributed by atoms with van der Waals surface area (Å²) in [5.74, 6) is 0. The zero-order chi connectivity index (χ0) is 18.9. The normalized spacial score (nSPS) is 11.6. The molecule has 1 atom stereocenters. The Kier molecular flexibility index (Phi) is 7.77. The molecule has 0 aromatic heterocycles. The largest absolute Gasteiger partial charge is 0.374 e. The van der Waals surface area contributed by atoms with Crippen LogP contribution in [0.4, 0.5) is 11.4 Å². The van der Waals surface area contributed by atoms with Gasteiger partial charge in [0.2, 0.25) is 0 Å². The number of thiocarbonyl (C=S) groups is 1. The minimum atomic E-state index is -0.483. The number of nitrogens with one attached hydrogen (secondary N) is 2. The smallest absolute Gasteiger partial charge is 0.271 e. The van der Waals surface area contributed by atoms with E-state index in [0.29, 0.717) is 29.0 Å². The second-order valence-corrected chi connectivity index (χ2v) is 6.39. The topological polar surface area (TPSA) is 76.4 Å². The molecule has 0 unspecified atom stereocenters. The maximum absolute atomic E-state index is 10.8. The Hall–Kier alpha value is -2.22. The Morgan fingerprint density at radius 3 is 2.73 bits per heavy atom. The molecule has 0 saturated heterocycles. The zero-order valence-electron chi connectivity index (χ0n) is 14.3. The van der Waals surface area contributed by atoms with Gasteiger partial charge in [0.1, 0.15) is 0 Å². The number of ether oxygens (including phenoxy) is 1. The number of nitro groups is 1. The quantitative estimate of drug-likeness (QED) is 0.293. The predicted octanol–water partition coefficient (Wildman–Crippen LogP) is 4.70. The summed E-state index contributed by atoms with van der Waals surface area (Å²) in [6.07, 6.45) is 0.798. The van der Waals surface area contributed by atoms with E-state index in [-0.39, 0.29) is 11.8 Å². The number of benzene rings is 2.